The first-order valence-corrected chi connectivity index (χ1v) is 4.13. The van der Waals surface area contributed by atoms with Gasteiger partial charge < -0.3 is 9.84 Å². The Morgan fingerprint density at radius 2 is 2.42 bits per heavy atom. The van der Waals surface area contributed by atoms with Crippen LogP contribution < -0.4 is 4.74 Å². The van der Waals surface area contributed by atoms with Gasteiger partial charge in [-0.05, 0) is 29.7 Å². The fourth-order valence-corrected chi connectivity index (χ4v) is 1.67. The Balaban J connectivity index is 2.31. The van der Waals surface area contributed by atoms with E-state index in [1.54, 1.807) is 7.11 Å². The van der Waals surface area contributed by atoms with E-state index in [0.29, 0.717) is 5.92 Å². The number of aliphatic hydroxyl groups excluding tert-OH is 1. The molecule has 0 fully saturated rings. The second kappa shape index (κ2) is 2.79. The highest BCUT2D eigenvalue weighted by Crippen LogP contribution is 2.36. The van der Waals surface area contributed by atoms with Crippen LogP contribution in [-0.4, -0.2) is 18.8 Å². The summed E-state index contributed by atoms with van der Waals surface area (Å²) in [6.07, 6.45) is 1.01. The molecule has 0 bridgehead atoms. The number of rotatable bonds is 2. The smallest absolute Gasteiger partial charge is 0.119 e. The Bertz CT molecular complexity index is 294. The molecule has 1 unspecified atom stereocenters. The maximum atomic E-state index is 8.96. The summed E-state index contributed by atoms with van der Waals surface area (Å²) in [5.74, 6) is 1.22. The summed E-state index contributed by atoms with van der Waals surface area (Å²) in [5, 5.41) is 8.96. The molecule has 0 aromatic heterocycles. The number of fused-ring (bicyclic) bond motifs is 1. The molecular weight excluding hydrogens is 152 g/mol. The summed E-state index contributed by atoms with van der Waals surface area (Å²) < 4.78 is 5.10. The van der Waals surface area contributed by atoms with Gasteiger partial charge in [-0.2, -0.15) is 0 Å². The first-order chi connectivity index (χ1) is 5.85. The van der Waals surface area contributed by atoms with Gasteiger partial charge in [-0.1, -0.05) is 6.07 Å². The van der Waals surface area contributed by atoms with Gasteiger partial charge in [0.2, 0.25) is 0 Å². The van der Waals surface area contributed by atoms with E-state index in [9.17, 15) is 0 Å². The van der Waals surface area contributed by atoms with Crippen molar-refractivity contribution in [1.29, 1.82) is 0 Å². The molecule has 0 amide bonds. The van der Waals surface area contributed by atoms with Gasteiger partial charge in [0.05, 0.1) is 13.7 Å². The Morgan fingerprint density at radius 3 is 3.08 bits per heavy atom. The van der Waals surface area contributed by atoms with E-state index < -0.39 is 0 Å². The zero-order chi connectivity index (χ0) is 8.55. The zero-order valence-electron chi connectivity index (χ0n) is 7.08. The lowest BCUT2D eigenvalue weighted by atomic mass is 9.78. The second-order valence-electron chi connectivity index (χ2n) is 3.15. The summed E-state index contributed by atoms with van der Waals surface area (Å²) in [6.45, 7) is 0.250. The first-order valence-electron chi connectivity index (χ1n) is 4.13. The number of benzene rings is 1. The normalized spacial score (nSPS) is 19.7. The molecule has 2 nitrogen and oxygen atoms in total. The molecule has 0 spiro atoms. The quantitative estimate of drug-likeness (QED) is 0.714. The van der Waals surface area contributed by atoms with Crippen molar-refractivity contribution >= 4 is 0 Å². The molecule has 0 radical (unpaired) electrons. The third kappa shape index (κ3) is 0.994. The van der Waals surface area contributed by atoms with Crippen molar-refractivity contribution < 1.29 is 9.84 Å². The third-order valence-electron chi connectivity index (χ3n) is 2.48. The van der Waals surface area contributed by atoms with Crippen molar-refractivity contribution in [2.75, 3.05) is 13.7 Å². The van der Waals surface area contributed by atoms with Crippen molar-refractivity contribution in [2.45, 2.75) is 12.3 Å². The van der Waals surface area contributed by atoms with Crippen molar-refractivity contribution in [1.82, 2.24) is 0 Å². The minimum Gasteiger partial charge on any atom is -0.497 e. The average molecular weight is 164 g/mol. The fourth-order valence-electron chi connectivity index (χ4n) is 1.67. The number of hydrogen-bond donors (Lipinski definition) is 1. The van der Waals surface area contributed by atoms with E-state index >= 15 is 0 Å². The standard InChI is InChI=1S/C10H12O2/c1-12-9-3-2-7-4-8(6-11)10(7)5-9/h2-3,5,8,11H,4,6H2,1H3. The molecule has 1 aromatic carbocycles. The van der Waals surface area contributed by atoms with Crippen LogP contribution in [0.15, 0.2) is 18.2 Å². The summed E-state index contributed by atoms with van der Waals surface area (Å²) in [5.41, 5.74) is 2.59. The molecule has 0 saturated heterocycles. The molecule has 1 atom stereocenters. The van der Waals surface area contributed by atoms with Gasteiger partial charge in [-0.15, -0.1) is 0 Å². The molecule has 1 N–H and O–H groups in total. The molecular formula is C10H12O2. The van der Waals surface area contributed by atoms with Gasteiger partial charge in [0.25, 0.3) is 0 Å². The lowest BCUT2D eigenvalue weighted by Gasteiger charge is -2.28. The highest BCUT2D eigenvalue weighted by atomic mass is 16.5. The summed E-state index contributed by atoms with van der Waals surface area (Å²) in [6, 6.07) is 6.05. The fraction of sp³-hybridized carbons (Fsp3) is 0.400. The van der Waals surface area contributed by atoms with Gasteiger partial charge in [0.1, 0.15) is 5.75 Å². The van der Waals surface area contributed by atoms with Crippen LogP contribution >= 0.6 is 0 Å². The van der Waals surface area contributed by atoms with Crippen molar-refractivity contribution in [3.63, 3.8) is 0 Å². The van der Waals surface area contributed by atoms with Gasteiger partial charge in [-0.3, -0.25) is 0 Å². The van der Waals surface area contributed by atoms with Crippen LogP contribution in [-0.2, 0) is 6.42 Å². The molecule has 0 aliphatic heterocycles. The molecule has 0 saturated carbocycles. The lowest BCUT2D eigenvalue weighted by Crippen LogP contribution is -2.20. The Morgan fingerprint density at radius 1 is 1.58 bits per heavy atom. The number of aliphatic hydroxyl groups is 1. The number of methoxy groups -OCH3 is 1. The lowest BCUT2D eigenvalue weighted by molar-refractivity contribution is 0.252. The van der Waals surface area contributed by atoms with Crippen LogP contribution in [0, 0.1) is 0 Å². The van der Waals surface area contributed by atoms with Crippen LogP contribution in [0.3, 0.4) is 0 Å². The van der Waals surface area contributed by atoms with Crippen LogP contribution in [0.2, 0.25) is 0 Å². The topological polar surface area (TPSA) is 29.5 Å². The van der Waals surface area contributed by atoms with Gasteiger partial charge in [-0.25, -0.2) is 0 Å². The Kier molecular flexibility index (Phi) is 1.77. The average Bonchev–Trinajstić information content (AvgIpc) is 2.08. The van der Waals surface area contributed by atoms with Crippen molar-refractivity contribution in [2.24, 2.45) is 0 Å². The van der Waals surface area contributed by atoms with E-state index in [1.165, 1.54) is 11.1 Å². The summed E-state index contributed by atoms with van der Waals surface area (Å²) in [4.78, 5) is 0. The van der Waals surface area contributed by atoms with Crippen LogP contribution in [0.5, 0.6) is 5.75 Å². The minimum absolute atomic E-state index is 0.250. The van der Waals surface area contributed by atoms with Crippen LogP contribution in [0.1, 0.15) is 17.0 Å². The molecule has 1 aliphatic rings. The monoisotopic (exact) mass is 164 g/mol. The molecule has 0 heterocycles. The molecule has 64 valence electrons. The molecule has 1 aliphatic carbocycles. The largest absolute Gasteiger partial charge is 0.497 e. The minimum atomic E-state index is 0.250. The zero-order valence-corrected chi connectivity index (χ0v) is 7.08. The third-order valence-corrected chi connectivity index (χ3v) is 2.48. The second-order valence-corrected chi connectivity index (χ2v) is 3.15. The number of hydrogen-bond acceptors (Lipinski definition) is 2. The Hall–Kier alpha value is -1.02. The SMILES string of the molecule is COc1ccc2c(c1)C(CO)C2. The maximum absolute atomic E-state index is 8.96. The summed E-state index contributed by atoms with van der Waals surface area (Å²) in [7, 11) is 1.66. The van der Waals surface area contributed by atoms with E-state index in [4.69, 9.17) is 9.84 Å². The van der Waals surface area contributed by atoms with E-state index in [2.05, 4.69) is 6.07 Å². The predicted molar refractivity (Wildman–Crippen MR) is 46.5 cm³/mol. The van der Waals surface area contributed by atoms with Gasteiger partial charge >= 0.3 is 0 Å². The molecule has 2 rings (SSSR count). The van der Waals surface area contributed by atoms with E-state index in [1.807, 2.05) is 12.1 Å². The molecule has 12 heavy (non-hydrogen) atoms. The van der Waals surface area contributed by atoms with Crippen LogP contribution in [0.4, 0.5) is 0 Å². The maximum Gasteiger partial charge on any atom is 0.119 e. The van der Waals surface area contributed by atoms with E-state index in [0.717, 1.165) is 12.2 Å². The van der Waals surface area contributed by atoms with Crippen LogP contribution in [0.25, 0.3) is 0 Å². The van der Waals surface area contributed by atoms with Crippen molar-refractivity contribution in [3.05, 3.63) is 29.3 Å². The highest BCUT2D eigenvalue weighted by Gasteiger charge is 2.25. The van der Waals surface area contributed by atoms with E-state index in [-0.39, 0.29) is 6.61 Å². The van der Waals surface area contributed by atoms with Crippen molar-refractivity contribution in [3.8, 4) is 5.75 Å². The molecule has 1 aromatic rings. The summed E-state index contributed by atoms with van der Waals surface area (Å²) >= 11 is 0. The first kappa shape index (κ1) is 7.62. The Labute approximate surface area is 71.8 Å². The number of ether oxygens (including phenoxy) is 1. The van der Waals surface area contributed by atoms with Gasteiger partial charge in [0.15, 0.2) is 0 Å². The highest BCUT2D eigenvalue weighted by molar-refractivity contribution is 5.45. The molecule has 2 heteroatoms. The predicted octanol–water partition coefficient (Wildman–Crippen LogP) is 1.33. The van der Waals surface area contributed by atoms with Gasteiger partial charge in [0, 0.05) is 5.92 Å².